The number of carbonyl (C=O) groups excluding carboxylic acids is 1. The van der Waals surface area contributed by atoms with Crippen LogP contribution in [0.1, 0.15) is 5.56 Å². The molecule has 9 nitrogen and oxygen atoms in total. The van der Waals surface area contributed by atoms with Gasteiger partial charge in [0.2, 0.25) is 0 Å². The number of rotatable bonds is 8. The van der Waals surface area contributed by atoms with Crippen molar-refractivity contribution in [1.82, 2.24) is 20.2 Å². The first-order valence-corrected chi connectivity index (χ1v) is 9.49. The highest BCUT2D eigenvalue weighted by Crippen LogP contribution is 2.29. The quantitative estimate of drug-likeness (QED) is 0.341. The highest BCUT2D eigenvalue weighted by Gasteiger charge is 2.32. The number of aromatic nitrogens is 4. The van der Waals surface area contributed by atoms with Crippen LogP contribution in [0.5, 0.6) is 0 Å². The number of nitrogens with two attached hydrogens (primary N) is 1. The van der Waals surface area contributed by atoms with Crippen LogP contribution < -0.4 is 10.6 Å². The molecule has 0 aliphatic carbocycles. The van der Waals surface area contributed by atoms with Crippen LogP contribution in [0, 0.1) is 5.82 Å². The Labute approximate surface area is 172 Å². The van der Waals surface area contributed by atoms with Crippen molar-refractivity contribution in [2.24, 2.45) is 5.73 Å². The molecule has 0 spiro atoms. The van der Waals surface area contributed by atoms with Crippen LogP contribution in [0.25, 0.3) is 11.1 Å². The Kier molecular flexibility index (Phi) is 6.01. The molecule has 4 rings (SSSR count). The van der Waals surface area contributed by atoms with Crippen LogP contribution in [0.4, 0.5) is 14.9 Å². The van der Waals surface area contributed by atoms with Gasteiger partial charge in [0.05, 0.1) is 25.5 Å². The minimum atomic E-state index is -0.494. The van der Waals surface area contributed by atoms with Gasteiger partial charge in [-0.15, -0.1) is 5.10 Å². The highest BCUT2D eigenvalue weighted by atomic mass is 19.1. The number of cyclic esters (lactones) is 1. The summed E-state index contributed by atoms with van der Waals surface area (Å²) in [5.74, 6) is -0.413. The summed E-state index contributed by atoms with van der Waals surface area (Å²) in [6.45, 7) is 0.996. The monoisotopic (exact) mass is 410 g/mol. The Morgan fingerprint density at radius 1 is 1.27 bits per heavy atom. The largest absolute Gasteiger partial charge is 0.445 e. The number of amides is 1. The average Bonchev–Trinajstić information content (AvgIpc) is 3.38. The molecule has 1 aliphatic heterocycles. The normalized spacial score (nSPS) is 16.0. The smallest absolute Gasteiger partial charge is 0.414 e. The average molecular weight is 410 g/mol. The molecule has 30 heavy (non-hydrogen) atoms. The van der Waals surface area contributed by atoms with Crippen molar-refractivity contribution in [2.45, 2.75) is 19.0 Å². The van der Waals surface area contributed by atoms with Crippen molar-refractivity contribution >= 4 is 19.3 Å². The molecule has 1 amide bonds. The summed E-state index contributed by atoms with van der Waals surface area (Å²) in [6.07, 6.45) is 1.27. The molecule has 1 aromatic heterocycles. The third-order valence-electron chi connectivity index (χ3n) is 4.84. The topological polar surface area (TPSA) is 108 Å². The molecule has 3 aromatic rings. The van der Waals surface area contributed by atoms with E-state index in [2.05, 4.69) is 15.5 Å². The molecular weight excluding hydrogens is 390 g/mol. The fraction of sp³-hybridized carbons (Fsp3) is 0.263. The number of hydrogen-bond acceptors (Lipinski definition) is 7. The summed E-state index contributed by atoms with van der Waals surface area (Å²) in [6, 6.07) is 12.2. The van der Waals surface area contributed by atoms with Crippen molar-refractivity contribution < 1.29 is 18.6 Å². The maximum absolute atomic E-state index is 14.8. The van der Waals surface area contributed by atoms with Crippen LogP contribution in [-0.2, 0) is 15.9 Å². The van der Waals surface area contributed by atoms with Gasteiger partial charge >= 0.3 is 6.09 Å². The van der Waals surface area contributed by atoms with Crippen LogP contribution >= 0.6 is 0 Å². The molecule has 1 saturated heterocycles. The number of anilines is 1. The van der Waals surface area contributed by atoms with Gasteiger partial charge in [0.25, 0.3) is 7.48 Å². The van der Waals surface area contributed by atoms with Crippen molar-refractivity contribution in [1.29, 1.82) is 0 Å². The molecular formula is C19H20BFN6O3. The van der Waals surface area contributed by atoms with E-state index in [0.717, 1.165) is 11.1 Å². The van der Waals surface area contributed by atoms with Crippen molar-refractivity contribution in [3.8, 4) is 11.1 Å². The summed E-state index contributed by atoms with van der Waals surface area (Å²) in [4.78, 5) is 13.6. The van der Waals surface area contributed by atoms with Crippen LogP contribution in [-0.4, -0.2) is 53.2 Å². The number of carbonyl (C=O) groups is 1. The molecule has 0 bridgehead atoms. The molecule has 154 valence electrons. The fourth-order valence-electron chi connectivity index (χ4n) is 3.32. The molecule has 2 N–H and O–H groups in total. The van der Waals surface area contributed by atoms with Gasteiger partial charge in [-0.25, -0.2) is 13.9 Å². The molecule has 2 heterocycles. The minimum absolute atomic E-state index is 0.121. The van der Waals surface area contributed by atoms with Crippen molar-refractivity contribution in [2.75, 3.05) is 18.2 Å². The Bertz CT molecular complexity index is 1000. The number of halogens is 1. The number of hydrogen-bond donors (Lipinski definition) is 1. The Balaban J connectivity index is 1.45. The van der Waals surface area contributed by atoms with Gasteiger partial charge in [-0.1, -0.05) is 24.3 Å². The predicted molar refractivity (Wildman–Crippen MR) is 108 cm³/mol. The van der Waals surface area contributed by atoms with Gasteiger partial charge in [0.15, 0.2) is 0 Å². The predicted octanol–water partition coefficient (Wildman–Crippen LogP) is 1.56. The van der Waals surface area contributed by atoms with Gasteiger partial charge in [-0.05, 0) is 46.1 Å². The van der Waals surface area contributed by atoms with E-state index in [-0.39, 0.29) is 12.8 Å². The Hall–Kier alpha value is -3.31. The zero-order chi connectivity index (χ0) is 20.9. The lowest BCUT2D eigenvalue weighted by Gasteiger charge is -2.14. The Morgan fingerprint density at radius 2 is 2.10 bits per heavy atom. The van der Waals surface area contributed by atoms with E-state index in [4.69, 9.17) is 15.1 Å². The summed E-state index contributed by atoms with van der Waals surface area (Å²) in [7, 11) is 0.402. The molecule has 0 saturated carbocycles. The first kappa shape index (κ1) is 20.0. The van der Waals surface area contributed by atoms with Crippen molar-refractivity contribution in [3.05, 3.63) is 60.2 Å². The van der Waals surface area contributed by atoms with E-state index < -0.39 is 11.9 Å². The van der Waals surface area contributed by atoms with Gasteiger partial charge < -0.3 is 15.1 Å². The maximum Gasteiger partial charge on any atom is 0.414 e. The van der Waals surface area contributed by atoms with E-state index in [9.17, 15) is 9.18 Å². The summed E-state index contributed by atoms with van der Waals surface area (Å²) < 4.78 is 26.8. The van der Waals surface area contributed by atoms with E-state index in [1.54, 1.807) is 16.8 Å². The third-order valence-corrected chi connectivity index (χ3v) is 4.84. The second-order valence-electron chi connectivity index (χ2n) is 6.85. The number of ether oxygens (including phenoxy) is 1. The lowest BCUT2D eigenvalue weighted by molar-refractivity contribution is 0.148. The van der Waals surface area contributed by atoms with E-state index in [0.29, 0.717) is 38.1 Å². The summed E-state index contributed by atoms with van der Waals surface area (Å²) in [5.41, 5.74) is 7.92. The molecule has 0 radical (unpaired) electrons. The molecule has 1 fully saturated rings. The van der Waals surface area contributed by atoms with Crippen molar-refractivity contribution in [3.63, 3.8) is 0 Å². The maximum atomic E-state index is 14.8. The van der Waals surface area contributed by atoms with E-state index in [1.165, 1.54) is 17.3 Å². The van der Waals surface area contributed by atoms with Gasteiger partial charge in [0.1, 0.15) is 18.2 Å². The van der Waals surface area contributed by atoms with Gasteiger partial charge in [-0.3, -0.25) is 4.90 Å². The third kappa shape index (κ3) is 4.47. The zero-order valence-electron chi connectivity index (χ0n) is 16.1. The lowest BCUT2D eigenvalue weighted by atomic mass is 9.91. The first-order valence-electron chi connectivity index (χ1n) is 9.49. The lowest BCUT2D eigenvalue weighted by Crippen LogP contribution is -2.25. The molecule has 0 unspecified atom stereocenters. The first-order chi connectivity index (χ1) is 14.6. The number of nitrogens with zero attached hydrogens (tertiary/aromatic N) is 5. The SMILES string of the molecule is NCOBC[C@H]1CN(c2ccc(-c3ccc(Cn4cnnn4)cc3)c(F)c2)C(=O)O1. The van der Waals surface area contributed by atoms with E-state index >= 15 is 0 Å². The minimum Gasteiger partial charge on any atom is -0.445 e. The number of tetrazole rings is 1. The van der Waals surface area contributed by atoms with Crippen LogP contribution in [0.3, 0.4) is 0 Å². The number of benzene rings is 2. The molecule has 1 aliphatic rings. The highest BCUT2D eigenvalue weighted by molar-refractivity contribution is 6.27. The second kappa shape index (κ2) is 9.01. The zero-order valence-corrected chi connectivity index (χ0v) is 16.1. The summed E-state index contributed by atoms with van der Waals surface area (Å²) in [5, 5.41) is 11.0. The summed E-state index contributed by atoms with van der Waals surface area (Å²) >= 11 is 0. The second-order valence-corrected chi connectivity index (χ2v) is 6.85. The van der Waals surface area contributed by atoms with Crippen LogP contribution in [0.2, 0.25) is 6.32 Å². The van der Waals surface area contributed by atoms with Gasteiger partial charge in [0, 0.05) is 5.56 Å². The van der Waals surface area contributed by atoms with Gasteiger partial charge in [-0.2, -0.15) is 0 Å². The molecule has 1 atom stereocenters. The van der Waals surface area contributed by atoms with E-state index in [1.807, 2.05) is 24.3 Å². The fourth-order valence-corrected chi connectivity index (χ4v) is 3.32. The van der Waals surface area contributed by atoms with Crippen LogP contribution in [0.15, 0.2) is 48.8 Å². The molecule has 11 heteroatoms. The molecule has 2 aromatic carbocycles. The standard InChI is InChI=1S/C19H20BFN6O3/c21-18-7-15(27-10-16(30-19(27)28)8-20-29-11-22)5-6-17(18)14-3-1-13(2-4-14)9-26-12-23-24-25-26/h1-7,12,16,20H,8-11,22H2/t16-/m0/s1. The Morgan fingerprint density at radius 3 is 2.80 bits per heavy atom.